The Morgan fingerprint density at radius 2 is 1.80 bits per heavy atom. The third kappa shape index (κ3) is 3.31. The summed E-state index contributed by atoms with van der Waals surface area (Å²) in [6.45, 7) is 8.23. The molecule has 0 N–H and O–H groups in total. The highest BCUT2D eigenvalue weighted by atomic mass is 16.2. The van der Waals surface area contributed by atoms with Gasteiger partial charge in [0.25, 0.3) is 5.91 Å². The molecule has 0 bridgehead atoms. The van der Waals surface area contributed by atoms with Crippen LogP contribution in [0.25, 0.3) is 5.70 Å². The number of benzene rings is 1. The minimum Gasteiger partial charge on any atom is -0.308 e. The summed E-state index contributed by atoms with van der Waals surface area (Å²) in [4.78, 5) is 31.2. The molecule has 0 saturated carbocycles. The highest BCUT2D eigenvalue weighted by molar-refractivity contribution is 6.08. The van der Waals surface area contributed by atoms with E-state index in [1.165, 1.54) is 4.57 Å². The van der Waals surface area contributed by atoms with Gasteiger partial charge in [0.15, 0.2) is 0 Å². The van der Waals surface area contributed by atoms with Crippen molar-refractivity contribution in [3.8, 4) is 0 Å². The van der Waals surface area contributed by atoms with Gasteiger partial charge in [0, 0.05) is 42.0 Å². The smallest absolute Gasteiger partial charge is 0.258 e. The molecule has 2 heterocycles. The van der Waals surface area contributed by atoms with Crippen molar-refractivity contribution in [3.05, 3.63) is 71.9 Å². The summed E-state index contributed by atoms with van der Waals surface area (Å²) in [5.74, 6) is -0.199. The van der Waals surface area contributed by atoms with Gasteiger partial charge in [-0.05, 0) is 32.0 Å². The highest BCUT2D eigenvalue weighted by Gasteiger charge is 2.30. The number of amides is 1. The maximum absolute atomic E-state index is 12.6. The summed E-state index contributed by atoms with van der Waals surface area (Å²) in [5.41, 5.74) is 2.75. The van der Waals surface area contributed by atoms with Crippen LogP contribution < -0.4 is 5.49 Å². The predicted molar refractivity (Wildman–Crippen MR) is 96.9 cm³/mol. The number of nitrogens with zero attached hydrogens (tertiary/aromatic N) is 3. The second kappa shape index (κ2) is 6.89. The van der Waals surface area contributed by atoms with E-state index in [0.29, 0.717) is 23.3 Å². The molecule has 3 rings (SSSR count). The van der Waals surface area contributed by atoms with Crippen LogP contribution >= 0.6 is 0 Å². The Morgan fingerprint density at radius 3 is 2.48 bits per heavy atom. The monoisotopic (exact) mass is 335 g/mol. The molecule has 0 spiro atoms. The molecule has 0 aliphatic carbocycles. The Labute approximate surface area is 146 Å². The Balaban J connectivity index is 1.77. The molecular weight excluding hydrogens is 314 g/mol. The number of fused-ring (bicyclic) bond motifs is 1. The zero-order valence-corrected chi connectivity index (χ0v) is 14.5. The van der Waals surface area contributed by atoms with Crippen molar-refractivity contribution in [2.75, 3.05) is 6.54 Å². The molecular formula is C20H21N3O2. The zero-order chi connectivity index (χ0) is 18.0. The molecule has 1 amide bonds. The van der Waals surface area contributed by atoms with Crippen molar-refractivity contribution in [2.24, 2.45) is 4.99 Å². The number of hydrogen-bond donors (Lipinski definition) is 0. The Hall–Kier alpha value is -2.95. The number of rotatable bonds is 4. The number of hydrogen-bond acceptors (Lipinski definition) is 3. The SMILES string of the molecule is C=C1c2ccccc2C(=O)N1CCC(=O)n1ccccc1=NC(C)C. The van der Waals surface area contributed by atoms with Crippen LogP contribution in [0.5, 0.6) is 0 Å². The molecule has 0 saturated heterocycles. The minimum absolute atomic E-state index is 0.0934. The van der Waals surface area contributed by atoms with Gasteiger partial charge >= 0.3 is 0 Å². The third-order valence-electron chi connectivity index (χ3n) is 4.09. The second-order valence-electron chi connectivity index (χ2n) is 6.24. The first kappa shape index (κ1) is 16.9. The standard InChI is InChI=1S/C20H21N3O2/c1-14(2)21-18-10-6-7-12-23(18)19(24)11-13-22-15(3)16-8-4-5-9-17(16)20(22)25/h4-10,12,14H,3,11,13H2,1-2H3. The summed E-state index contributed by atoms with van der Waals surface area (Å²) in [5, 5.41) is 0. The molecule has 1 aromatic carbocycles. The minimum atomic E-state index is -0.100. The molecule has 25 heavy (non-hydrogen) atoms. The van der Waals surface area contributed by atoms with Crippen molar-refractivity contribution >= 4 is 17.5 Å². The van der Waals surface area contributed by atoms with Crippen LogP contribution in [0.2, 0.25) is 0 Å². The van der Waals surface area contributed by atoms with Crippen LogP contribution in [0.4, 0.5) is 0 Å². The molecule has 0 fully saturated rings. The lowest BCUT2D eigenvalue weighted by atomic mass is 10.1. The third-order valence-corrected chi connectivity index (χ3v) is 4.09. The Morgan fingerprint density at radius 1 is 1.12 bits per heavy atom. The fourth-order valence-corrected chi connectivity index (χ4v) is 2.91. The van der Waals surface area contributed by atoms with E-state index in [9.17, 15) is 9.59 Å². The molecule has 5 nitrogen and oxygen atoms in total. The topological polar surface area (TPSA) is 54.7 Å². The first-order valence-electron chi connectivity index (χ1n) is 8.34. The van der Waals surface area contributed by atoms with E-state index >= 15 is 0 Å². The number of carbonyl (C=O) groups is 2. The quantitative estimate of drug-likeness (QED) is 0.862. The van der Waals surface area contributed by atoms with Crippen LogP contribution in [0, 0.1) is 0 Å². The van der Waals surface area contributed by atoms with Gasteiger partial charge in [0.1, 0.15) is 5.49 Å². The van der Waals surface area contributed by atoms with Crippen molar-refractivity contribution in [1.29, 1.82) is 0 Å². The van der Waals surface area contributed by atoms with Crippen molar-refractivity contribution in [3.63, 3.8) is 0 Å². The van der Waals surface area contributed by atoms with E-state index in [2.05, 4.69) is 11.6 Å². The summed E-state index contributed by atoms with van der Waals surface area (Å²) in [6, 6.07) is 12.9. The average Bonchev–Trinajstić information content (AvgIpc) is 2.84. The van der Waals surface area contributed by atoms with Crippen LogP contribution in [0.3, 0.4) is 0 Å². The van der Waals surface area contributed by atoms with E-state index in [0.717, 1.165) is 5.56 Å². The van der Waals surface area contributed by atoms with E-state index in [4.69, 9.17) is 0 Å². The second-order valence-corrected chi connectivity index (χ2v) is 6.24. The zero-order valence-electron chi connectivity index (χ0n) is 14.5. The highest BCUT2D eigenvalue weighted by Crippen LogP contribution is 2.31. The molecule has 0 radical (unpaired) electrons. The van der Waals surface area contributed by atoms with E-state index in [1.807, 2.05) is 44.2 Å². The summed E-state index contributed by atoms with van der Waals surface area (Å²) < 4.78 is 1.54. The predicted octanol–water partition coefficient (Wildman–Crippen LogP) is 2.95. The van der Waals surface area contributed by atoms with Gasteiger partial charge < -0.3 is 4.90 Å². The van der Waals surface area contributed by atoms with E-state index in [1.54, 1.807) is 23.2 Å². The molecule has 1 aliphatic rings. The van der Waals surface area contributed by atoms with Crippen LogP contribution in [0.15, 0.2) is 60.2 Å². The van der Waals surface area contributed by atoms with Gasteiger partial charge in [-0.25, -0.2) is 0 Å². The van der Waals surface area contributed by atoms with Crippen LogP contribution in [0.1, 0.15) is 41.0 Å². The summed E-state index contributed by atoms with van der Waals surface area (Å²) in [6.07, 6.45) is 1.91. The van der Waals surface area contributed by atoms with Gasteiger partial charge in [-0.2, -0.15) is 0 Å². The summed E-state index contributed by atoms with van der Waals surface area (Å²) >= 11 is 0. The fraction of sp³-hybridized carbons (Fsp3) is 0.250. The van der Waals surface area contributed by atoms with E-state index < -0.39 is 0 Å². The average molecular weight is 335 g/mol. The molecule has 128 valence electrons. The molecule has 0 atom stereocenters. The van der Waals surface area contributed by atoms with Gasteiger partial charge in [-0.1, -0.05) is 30.8 Å². The molecule has 5 heteroatoms. The Kier molecular flexibility index (Phi) is 4.65. The lowest BCUT2D eigenvalue weighted by molar-refractivity contribution is 0.0821. The lowest BCUT2D eigenvalue weighted by Crippen LogP contribution is -2.31. The first-order valence-corrected chi connectivity index (χ1v) is 8.34. The lowest BCUT2D eigenvalue weighted by Gasteiger charge is -2.17. The van der Waals surface area contributed by atoms with Crippen LogP contribution in [-0.2, 0) is 0 Å². The van der Waals surface area contributed by atoms with Crippen LogP contribution in [-0.4, -0.2) is 33.9 Å². The van der Waals surface area contributed by atoms with Gasteiger partial charge in [0.2, 0.25) is 5.91 Å². The fourth-order valence-electron chi connectivity index (χ4n) is 2.91. The van der Waals surface area contributed by atoms with Crippen molar-refractivity contribution in [2.45, 2.75) is 26.3 Å². The number of aromatic nitrogens is 1. The van der Waals surface area contributed by atoms with Crippen molar-refractivity contribution < 1.29 is 9.59 Å². The van der Waals surface area contributed by atoms with Gasteiger partial charge in [-0.15, -0.1) is 0 Å². The first-order chi connectivity index (χ1) is 12.0. The Bertz CT molecular complexity index is 874. The largest absolute Gasteiger partial charge is 0.308 e. The maximum atomic E-state index is 12.6. The molecule has 2 aromatic rings. The molecule has 1 aliphatic heterocycles. The maximum Gasteiger partial charge on any atom is 0.258 e. The van der Waals surface area contributed by atoms with Gasteiger partial charge in [0.05, 0.1) is 0 Å². The van der Waals surface area contributed by atoms with Gasteiger partial charge in [-0.3, -0.25) is 19.1 Å². The normalized spacial score (nSPS) is 14.4. The number of carbonyl (C=O) groups excluding carboxylic acids is 2. The molecule has 0 unspecified atom stereocenters. The number of pyridine rings is 1. The summed E-state index contributed by atoms with van der Waals surface area (Å²) in [7, 11) is 0. The van der Waals surface area contributed by atoms with Crippen molar-refractivity contribution in [1.82, 2.24) is 9.47 Å². The van der Waals surface area contributed by atoms with E-state index in [-0.39, 0.29) is 24.3 Å². The molecule has 1 aromatic heterocycles.